The zero-order valence-electron chi connectivity index (χ0n) is 14.9. The van der Waals surface area contributed by atoms with Gasteiger partial charge in [-0.1, -0.05) is 30.3 Å². The monoisotopic (exact) mass is 395 g/mol. The molecule has 0 heterocycles. The molecule has 8 heteroatoms. The normalized spacial score (nSPS) is 10.9. The lowest BCUT2D eigenvalue weighted by Crippen LogP contribution is -2.16. The summed E-state index contributed by atoms with van der Waals surface area (Å²) in [6.45, 7) is 1.80. The standard InChI is InChI=1S/C20H17N3O4S/c1-14-6-2-3-11-19(14)23-28(26,27)18-10-4-7-15(12-18)20(24)21-16-8-5-9-17(13-16)22-25/h2-13,23H,1H3,(H,21,24). The molecule has 0 aliphatic carbocycles. The van der Waals surface area contributed by atoms with Crippen molar-refractivity contribution in [1.82, 2.24) is 0 Å². The number of hydrogen-bond acceptors (Lipinski definition) is 5. The van der Waals surface area contributed by atoms with E-state index in [9.17, 15) is 18.1 Å². The highest BCUT2D eigenvalue weighted by molar-refractivity contribution is 7.92. The molecule has 0 aliphatic heterocycles. The van der Waals surface area contributed by atoms with E-state index in [1.807, 2.05) is 6.07 Å². The fourth-order valence-electron chi connectivity index (χ4n) is 2.54. The zero-order valence-corrected chi connectivity index (χ0v) is 15.7. The topological polar surface area (TPSA) is 105 Å². The predicted octanol–water partition coefficient (Wildman–Crippen LogP) is 4.45. The summed E-state index contributed by atoms with van der Waals surface area (Å²) in [4.78, 5) is 23.0. The Kier molecular flexibility index (Phi) is 5.51. The molecule has 0 fully saturated rings. The van der Waals surface area contributed by atoms with Crippen LogP contribution in [0.25, 0.3) is 0 Å². The third-order valence-corrected chi connectivity index (χ3v) is 5.37. The van der Waals surface area contributed by atoms with E-state index in [0.717, 1.165) is 5.56 Å². The summed E-state index contributed by atoms with van der Waals surface area (Å²) in [5, 5.41) is 5.43. The van der Waals surface area contributed by atoms with Crippen LogP contribution in [0.2, 0.25) is 0 Å². The first-order chi connectivity index (χ1) is 13.4. The summed E-state index contributed by atoms with van der Waals surface area (Å²) >= 11 is 0. The number of aryl methyl sites for hydroxylation is 1. The fourth-order valence-corrected chi connectivity index (χ4v) is 3.72. The molecule has 2 N–H and O–H groups in total. The third-order valence-electron chi connectivity index (χ3n) is 4.01. The van der Waals surface area contributed by atoms with Crippen molar-refractivity contribution < 1.29 is 13.2 Å². The van der Waals surface area contributed by atoms with E-state index < -0.39 is 15.9 Å². The highest BCUT2D eigenvalue weighted by Crippen LogP contribution is 2.21. The Morgan fingerprint density at radius 2 is 1.68 bits per heavy atom. The van der Waals surface area contributed by atoms with Gasteiger partial charge in [0.1, 0.15) is 5.69 Å². The summed E-state index contributed by atoms with van der Waals surface area (Å²) in [5.74, 6) is -0.504. The Hall–Kier alpha value is -3.52. The number of amides is 1. The van der Waals surface area contributed by atoms with Crippen LogP contribution in [0, 0.1) is 11.8 Å². The number of para-hydroxylation sites is 1. The summed E-state index contributed by atoms with van der Waals surface area (Å²) < 4.78 is 27.9. The number of carbonyl (C=O) groups is 1. The lowest BCUT2D eigenvalue weighted by molar-refractivity contribution is 0.102. The summed E-state index contributed by atoms with van der Waals surface area (Å²) in [6.07, 6.45) is 0. The van der Waals surface area contributed by atoms with Gasteiger partial charge in [-0.25, -0.2) is 8.42 Å². The van der Waals surface area contributed by atoms with Gasteiger partial charge < -0.3 is 5.32 Å². The molecular formula is C20H17N3O4S. The minimum absolute atomic E-state index is 0.0355. The van der Waals surface area contributed by atoms with Gasteiger partial charge in [0, 0.05) is 11.3 Å². The molecule has 0 saturated heterocycles. The summed E-state index contributed by atoms with van der Waals surface area (Å²) in [7, 11) is -3.86. The molecular weight excluding hydrogens is 378 g/mol. The Balaban J connectivity index is 1.83. The first-order valence-corrected chi connectivity index (χ1v) is 9.81. The van der Waals surface area contributed by atoms with Gasteiger partial charge in [-0.2, -0.15) is 0 Å². The molecule has 0 radical (unpaired) electrons. The molecule has 0 aromatic heterocycles. The third kappa shape index (κ3) is 4.41. The number of benzene rings is 3. The molecule has 7 nitrogen and oxygen atoms in total. The SMILES string of the molecule is Cc1ccccc1NS(=O)(=O)c1cccc(C(=O)Nc2cccc(N=O)c2)c1. The van der Waals surface area contributed by atoms with E-state index >= 15 is 0 Å². The quantitative estimate of drug-likeness (QED) is 0.602. The van der Waals surface area contributed by atoms with E-state index in [1.165, 1.54) is 36.4 Å². The maximum absolute atomic E-state index is 12.7. The Morgan fingerprint density at radius 1 is 0.929 bits per heavy atom. The number of sulfonamides is 1. The van der Waals surface area contributed by atoms with Crippen molar-refractivity contribution >= 4 is 33.0 Å². The highest BCUT2D eigenvalue weighted by Gasteiger charge is 2.17. The van der Waals surface area contributed by atoms with Crippen LogP contribution in [0.1, 0.15) is 15.9 Å². The summed E-state index contributed by atoms with van der Waals surface area (Å²) in [5.41, 5.74) is 1.97. The molecule has 142 valence electrons. The molecule has 3 rings (SSSR count). The average molecular weight is 395 g/mol. The smallest absolute Gasteiger partial charge is 0.261 e. The van der Waals surface area contributed by atoms with E-state index in [1.54, 1.807) is 37.3 Å². The van der Waals surface area contributed by atoms with Crippen LogP contribution < -0.4 is 10.0 Å². The van der Waals surface area contributed by atoms with Crippen LogP contribution >= 0.6 is 0 Å². The van der Waals surface area contributed by atoms with E-state index in [0.29, 0.717) is 11.4 Å². The second-order valence-electron chi connectivity index (χ2n) is 6.04. The lowest BCUT2D eigenvalue weighted by atomic mass is 10.2. The van der Waals surface area contributed by atoms with Crippen molar-refractivity contribution in [2.24, 2.45) is 5.18 Å². The zero-order chi connectivity index (χ0) is 20.1. The van der Waals surface area contributed by atoms with Gasteiger partial charge >= 0.3 is 0 Å². The van der Waals surface area contributed by atoms with Gasteiger partial charge in [0.05, 0.1) is 10.6 Å². The fraction of sp³-hybridized carbons (Fsp3) is 0.0500. The summed E-state index contributed by atoms with van der Waals surface area (Å²) in [6, 6.07) is 18.8. The van der Waals surface area contributed by atoms with E-state index in [-0.39, 0.29) is 16.1 Å². The first kappa shape index (κ1) is 19.2. The largest absolute Gasteiger partial charge is 0.322 e. The second-order valence-corrected chi connectivity index (χ2v) is 7.73. The van der Waals surface area contributed by atoms with Crippen LogP contribution in [0.15, 0.2) is 82.9 Å². The molecule has 0 unspecified atom stereocenters. The van der Waals surface area contributed by atoms with E-state index in [4.69, 9.17) is 0 Å². The maximum Gasteiger partial charge on any atom is 0.261 e. The Morgan fingerprint density at radius 3 is 2.43 bits per heavy atom. The number of nitrogens with one attached hydrogen (secondary N) is 2. The van der Waals surface area contributed by atoms with Gasteiger partial charge in [-0.05, 0) is 60.1 Å². The van der Waals surface area contributed by atoms with Gasteiger partial charge in [0.15, 0.2) is 0 Å². The second kappa shape index (κ2) is 8.01. The minimum Gasteiger partial charge on any atom is -0.322 e. The first-order valence-electron chi connectivity index (χ1n) is 8.32. The van der Waals surface area contributed by atoms with Crippen molar-refractivity contribution in [1.29, 1.82) is 0 Å². The van der Waals surface area contributed by atoms with Crippen LogP contribution in [-0.2, 0) is 10.0 Å². The van der Waals surface area contributed by atoms with Crippen LogP contribution in [0.4, 0.5) is 17.1 Å². The van der Waals surface area contributed by atoms with Crippen molar-refractivity contribution in [3.63, 3.8) is 0 Å². The molecule has 28 heavy (non-hydrogen) atoms. The maximum atomic E-state index is 12.7. The molecule has 0 saturated carbocycles. The van der Waals surface area contributed by atoms with Crippen molar-refractivity contribution in [2.75, 3.05) is 10.0 Å². The van der Waals surface area contributed by atoms with Crippen LogP contribution in [-0.4, -0.2) is 14.3 Å². The van der Waals surface area contributed by atoms with Gasteiger partial charge in [0.2, 0.25) is 0 Å². The molecule has 3 aromatic carbocycles. The lowest BCUT2D eigenvalue weighted by Gasteiger charge is -2.11. The molecule has 1 amide bonds. The average Bonchev–Trinajstić information content (AvgIpc) is 2.70. The number of anilines is 2. The molecule has 0 spiro atoms. The number of carbonyl (C=O) groups excluding carboxylic acids is 1. The number of rotatable bonds is 6. The highest BCUT2D eigenvalue weighted by atomic mass is 32.2. The van der Waals surface area contributed by atoms with Crippen LogP contribution in [0.3, 0.4) is 0 Å². The van der Waals surface area contributed by atoms with Gasteiger partial charge in [0.25, 0.3) is 15.9 Å². The number of hydrogen-bond donors (Lipinski definition) is 2. The Bertz CT molecular complexity index is 1140. The Labute approximate surface area is 162 Å². The van der Waals surface area contributed by atoms with E-state index in [2.05, 4.69) is 15.2 Å². The van der Waals surface area contributed by atoms with Crippen molar-refractivity contribution in [3.8, 4) is 0 Å². The van der Waals surface area contributed by atoms with Gasteiger partial charge in [-0.3, -0.25) is 9.52 Å². The molecule has 0 bridgehead atoms. The predicted molar refractivity (Wildman–Crippen MR) is 108 cm³/mol. The molecule has 0 atom stereocenters. The number of nitroso groups, excluding NO2 is 1. The van der Waals surface area contributed by atoms with Crippen molar-refractivity contribution in [2.45, 2.75) is 11.8 Å². The van der Waals surface area contributed by atoms with Crippen LogP contribution in [0.5, 0.6) is 0 Å². The van der Waals surface area contributed by atoms with Gasteiger partial charge in [-0.15, -0.1) is 4.91 Å². The minimum atomic E-state index is -3.86. The van der Waals surface area contributed by atoms with Crippen molar-refractivity contribution in [3.05, 3.63) is 88.8 Å². The molecule has 3 aromatic rings. The molecule has 0 aliphatic rings. The number of nitrogens with zero attached hydrogens (tertiary/aromatic N) is 1.